The van der Waals surface area contributed by atoms with E-state index in [1.54, 1.807) is 11.3 Å². The van der Waals surface area contributed by atoms with Crippen LogP contribution in [-0.2, 0) is 28.7 Å². The fourth-order valence-corrected chi connectivity index (χ4v) is 4.98. The summed E-state index contributed by atoms with van der Waals surface area (Å²) >= 11 is 1.68. The van der Waals surface area contributed by atoms with Crippen molar-refractivity contribution in [3.8, 4) is 0 Å². The average molecular weight is 369 g/mol. The predicted octanol–water partition coefficient (Wildman–Crippen LogP) is 4.33. The van der Waals surface area contributed by atoms with Crippen LogP contribution >= 0.6 is 11.3 Å². The third-order valence-electron chi connectivity index (χ3n) is 5.50. The van der Waals surface area contributed by atoms with Gasteiger partial charge < -0.3 is 5.32 Å². The quantitative estimate of drug-likeness (QED) is 0.802. The first-order valence-corrected chi connectivity index (χ1v) is 10.00. The molecule has 2 heterocycles. The van der Waals surface area contributed by atoms with Crippen LogP contribution in [0.15, 0.2) is 35.7 Å². The number of hydrogen-bond donors (Lipinski definition) is 1. The normalized spacial score (nSPS) is 22.7. The molecule has 1 saturated heterocycles. The Morgan fingerprint density at radius 1 is 1.15 bits per heavy atom. The lowest BCUT2D eigenvalue weighted by Crippen LogP contribution is -2.46. The number of aryl methyl sites for hydroxylation is 1. The molecule has 1 aliphatic carbocycles. The van der Waals surface area contributed by atoms with Crippen molar-refractivity contribution >= 4 is 23.3 Å². The summed E-state index contributed by atoms with van der Waals surface area (Å²) in [6, 6.07) is 9.92. The van der Waals surface area contributed by atoms with Gasteiger partial charge in [0.25, 0.3) is 5.91 Å². The third-order valence-corrected chi connectivity index (χ3v) is 6.48. The first kappa shape index (κ1) is 17.3. The summed E-state index contributed by atoms with van der Waals surface area (Å²) in [4.78, 5) is 28.4. The maximum atomic E-state index is 13.2. The van der Waals surface area contributed by atoms with Crippen molar-refractivity contribution in [1.29, 1.82) is 0 Å². The number of hydrogen-bond acceptors (Lipinski definition) is 3. The van der Waals surface area contributed by atoms with E-state index in [1.807, 2.05) is 23.6 Å². The second kappa shape index (κ2) is 5.95. The van der Waals surface area contributed by atoms with E-state index in [0.717, 1.165) is 24.0 Å². The Morgan fingerprint density at radius 3 is 2.58 bits per heavy atom. The van der Waals surface area contributed by atoms with E-state index in [9.17, 15) is 9.59 Å². The van der Waals surface area contributed by atoms with E-state index in [1.165, 1.54) is 15.3 Å². The summed E-state index contributed by atoms with van der Waals surface area (Å²) in [5.41, 5.74) is 2.44. The number of rotatable bonds is 2. The maximum Gasteiger partial charge on any atom is 0.325 e. The lowest BCUT2D eigenvalue weighted by atomic mass is 9.80. The Kier molecular flexibility index (Phi) is 3.95. The molecule has 4 nitrogen and oxygen atoms in total. The molecule has 1 N–H and O–H groups in total. The van der Waals surface area contributed by atoms with Crippen LogP contribution in [-0.4, -0.2) is 16.8 Å². The molecule has 4 rings (SSSR count). The Balaban J connectivity index is 1.60. The monoisotopic (exact) mass is 368 g/mol. The predicted molar refractivity (Wildman–Crippen MR) is 103 cm³/mol. The second-order valence-electron chi connectivity index (χ2n) is 8.28. The topological polar surface area (TPSA) is 49.4 Å². The van der Waals surface area contributed by atoms with Crippen molar-refractivity contribution in [2.45, 2.75) is 57.5 Å². The van der Waals surface area contributed by atoms with E-state index in [0.29, 0.717) is 13.0 Å². The first-order chi connectivity index (χ1) is 12.3. The zero-order valence-corrected chi connectivity index (χ0v) is 16.3. The molecule has 5 heteroatoms. The molecule has 0 saturated carbocycles. The summed E-state index contributed by atoms with van der Waals surface area (Å²) in [6.07, 6.45) is 2.60. The van der Waals surface area contributed by atoms with Crippen LogP contribution in [0.25, 0.3) is 0 Å². The van der Waals surface area contributed by atoms with Crippen molar-refractivity contribution in [1.82, 2.24) is 10.2 Å². The Labute approximate surface area is 158 Å². The SMILES string of the molecule is CC(C)(C)c1ccc(CN2C(=O)N[C@@]3(CCCc4sccc43)C2=O)cc1. The van der Waals surface area contributed by atoms with Gasteiger partial charge in [0.1, 0.15) is 5.54 Å². The highest BCUT2D eigenvalue weighted by Gasteiger charge is 2.54. The van der Waals surface area contributed by atoms with Crippen LogP contribution in [0.1, 0.15) is 55.2 Å². The molecule has 1 spiro atoms. The van der Waals surface area contributed by atoms with E-state index in [2.05, 4.69) is 38.2 Å². The molecule has 1 fully saturated rings. The third kappa shape index (κ3) is 2.65. The molecule has 26 heavy (non-hydrogen) atoms. The minimum absolute atomic E-state index is 0.0842. The van der Waals surface area contributed by atoms with Gasteiger partial charge in [-0.2, -0.15) is 0 Å². The number of nitrogens with zero attached hydrogens (tertiary/aromatic N) is 1. The number of fused-ring (bicyclic) bond motifs is 2. The Morgan fingerprint density at radius 2 is 1.88 bits per heavy atom. The van der Waals surface area contributed by atoms with Crippen LogP contribution in [0.2, 0.25) is 0 Å². The molecular formula is C21H24N2O2S. The summed E-state index contributed by atoms with van der Waals surface area (Å²) in [6.45, 7) is 6.83. The second-order valence-corrected chi connectivity index (χ2v) is 9.29. The first-order valence-electron chi connectivity index (χ1n) is 9.12. The summed E-state index contributed by atoms with van der Waals surface area (Å²) in [7, 11) is 0. The minimum atomic E-state index is -0.851. The van der Waals surface area contributed by atoms with Gasteiger partial charge >= 0.3 is 6.03 Å². The number of nitrogens with one attached hydrogen (secondary N) is 1. The van der Waals surface area contributed by atoms with Gasteiger partial charge in [0.05, 0.1) is 6.54 Å². The molecule has 0 bridgehead atoms. The molecule has 0 radical (unpaired) electrons. The lowest BCUT2D eigenvalue weighted by Gasteiger charge is -2.31. The van der Waals surface area contributed by atoms with Gasteiger partial charge in [-0.1, -0.05) is 45.0 Å². The smallest absolute Gasteiger partial charge is 0.319 e. The molecule has 136 valence electrons. The van der Waals surface area contributed by atoms with Crippen LogP contribution in [0.3, 0.4) is 0 Å². The molecule has 3 amide bonds. The highest BCUT2D eigenvalue weighted by atomic mass is 32.1. The van der Waals surface area contributed by atoms with Gasteiger partial charge in [0.15, 0.2) is 0 Å². The number of carbonyl (C=O) groups is 2. The number of carbonyl (C=O) groups excluding carboxylic acids is 2. The number of imide groups is 1. The van der Waals surface area contributed by atoms with E-state index in [-0.39, 0.29) is 17.4 Å². The van der Waals surface area contributed by atoms with Gasteiger partial charge in [-0.15, -0.1) is 11.3 Å². The number of thiophene rings is 1. The lowest BCUT2D eigenvalue weighted by molar-refractivity contribution is -0.132. The zero-order chi connectivity index (χ0) is 18.5. The standard InChI is InChI=1S/C21H24N2O2S/c1-20(2,3)15-8-6-14(7-9-15)13-23-18(24)21(22-19(23)25)11-4-5-17-16(21)10-12-26-17/h6-10,12H,4-5,11,13H2,1-3H3,(H,22,25)/t21-/m1/s1. The Bertz CT molecular complexity index is 863. The minimum Gasteiger partial charge on any atom is -0.319 e. The molecule has 2 aliphatic rings. The molecule has 0 unspecified atom stereocenters. The molecule has 2 aromatic rings. The van der Waals surface area contributed by atoms with E-state index in [4.69, 9.17) is 0 Å². The van der Waals surface area contributed by atoms with Crippen molar-refractivity contribution in [2.75, 3.05) is 0 Å². The van der Waals surface area contributed by atoms with E-state index < -0.39 is 5.54 Å². The van der Waals surface area contributed by atoms with Crippen molar-refractivity contribution < 1.29 is 9.59 Å². The molecule has 1 aromatic carbocycles. The van der Waals surface area contributed by atoms with Gasteiger partial charge in [-0.3, -0.25) is 9.69 Å². The molecule has 1 atom stereocenters. The van der Waals surface area contributed by atoms with Gasteiger partial charge in [-0.25, -0.2) is 4.79 Å². The van der Waals surface area contributed by atoms with Crippen molar-refractivity contribution in [3.05, 3.63) is 57.3 Å². The van der Waals surface area contributed by atoms with Crippen molar-refractivity contribution in [3.63, 3.8) is 0 Å². The summed E-state index contributed by atoms with van der Waals surface area (Å²) in [5.74, 6) is -0.109. The fraction of sp³-hybridized carbons (Fsp3) is 0.429. The highest BCUT2D eigenvalue weighted by Crippen LogP contribution is 2.42. The molecule has 1 aliphatic heterocycles. The fourth-order valence-electron chi connectivity index (χ4n) is 3.98. The van der Waals surface area contributed by atoms with Crippen molar-refractivity contribution in [2.24, 2.45) is 0 Å². The van der Waals surface area contributed by atoms with Gasteiger partial charge in [-0.05, 0) is 47.3 Å². The van der Waals surface area contributed by atoms with Crippen LogP contribution in [0.4, 0.5) is 4.79 Å². The van der Waals surface area contributed by atoms with E-state index >= 15 is 0 Å². The summed E-state index contributed by atoms with van der Waals surface area (Å²) in [5, 5.41) is 5.03. The number of benzene rings is 1. The zero-order valence-electron chi connectivity index (χ0n) is 15.5. The van der Waals surface area contributed by atoms with Crippen LogP contribution < -0.4 is 5.32 Å². The molecular weight excluding hydrogens is 344 g/mol. The maximum absolute atomic E-state index is 13.2. The highest BCUT2D eigenvalue weighted by molar-refractivity contribution is 7.10. The average Bonchev–Trinajstić information content (AvgIpc) is 3.16. The van der Waals surface area contributed by atoms with Crippen LogP contribution in [0.5, 0.6) is 0 Å². The van der Waals surface area contributed by atoms with Crippen LogP contribution in [0, 0.1) is 0 Å². The number of urea groups is 1. The Hall–Kier alpha value is -2.14. The van der Waals surface area contributed by atoms with Gasteiger partial charge in [0, 0.05) is 10.4 Å². The summed E-state index contributed by atoms with van der Waals surface area (Å²) < 4.78 is 0. The molecule has 1 aromatic heterocycles. The van der Waals surface area contributed by atoms with Gasteiger partial charge in [0.2, 0.25) is 0 Å². The largest absolute Gasteiger partial charge is 0.325 e. The number of amides is 3.